The third-order valence-corrected chi connectivity index (χ3v) is 9.22. The van der Waals surface area contributed by atoms with E-state index in [-0.39, 0.29) is 10.2 Å². The molecule has 0 heterocycles. The molecule has 0 aromatic heterocycles. The van der Waals surface area contributed by atoms with Crippen molar-refractivity contribution in [1.29, 1.82) is 0 Å². The number of halogens is 6. The Morgan fingerprint density at radius 2 is 0.833 bits per heavy atom. The Balaban J connectivity index is 2.17. The van der Waals surface area contributed by atoms with Crippen LogP contribution in [0.4, 0.5) is 0 Å². The highest BCUT2D eigenvalue weighted by Crippen LogP contribution is 2.35. The first-order chi connectivity index (χ1) is 11.2. The Hall–Kier alpha value is 2.86. The van der Waals surface area contributed by atoms with Crippen molar-refractivity contribution in [2.45, 2.75) is 0 Å². The molecule has 0 aliphatic heterocycles. The van der Waals surface area contributed by atoms with E-state index in [0.29, 0.717) is 11.1 Å². The first-order valence-corrected chi connectivity index (χ1v) is 14.5. The van der Waals surface area contributed by atoms with Gasteiger partial charge in [-0.15, -0.1) is 0 Å². The van der Waals surface area contributed by atoms with Crippen molar-refractivity contribution in [3.8, 4) is 0 Å². The Labute approximate surface area is 229 Å². The summed E-state index contributed by atoms with van der Waals surface area (Å²) in [4.78, 5) is 25.1. The molecule has 126 valence electrons. The maximum atomic E-state index is 12.5. The summed E-state index contributed by atoms with van der Waals surface area (Å²) in [5, 5.41) is -0.178. The number of benzene rings is 2. The van der Waals surface area contributed by atoms with Crippen molar-refractivity contribution in [3.63, 3.8) is 0 Å². The smallest absolute Gasteiger partial charge is 0.232 e. The van der Waals surface area contributed by atoms with Gasteiger partial charge >= 0.3 is 0 Å². The number of hydrogen-bond acceptors (Lipinski definition) is 4. The normalized spacial score (nSPS) is 10.8. The molecular formula is C14H4I6O2S2. The van der Waals surface area contributed by atoms with Crippen LogP contribution in [-0.4, -0.2) is 10.2 Å². The quantitative estimate of drug-likeness (QED) is 0.229. The van der Waals surface area contributed by atoms with Crippen LogP contribution in [0.5, 0.6) is 0 Å². The summed E-state index contributed by atoms with van der Waals surface area (Å²) in [5.74, 6) is 0. The largest absolute Gasteiger partial charge is 0.281 e. The number of carbonyl (C=O) groups is 2. The van der Waals surface area contributed by atoms with E-state index < -0.39 is 0 Å². The van der Waals surface area contributed by atoms with Crippen LogP contribution in [0.2, 0.25) is 0 Å². The second kappa shape index (κ2) is 10.6. The van der Waals surface area contributed by atoms with Gasteiger partial charge in [0.05, 0.1) is 11.1 Å². The van der Waals surface area contributed by atoms with Crippen molar-refractivity contribution in [2.24, 2.45) is 0 Å². The Morgan fingerprint density at radius 1 is 0.583 bits per heavy atom. The molecule has 0 amide bonds. The third kappa shape index (κ3) is 6.18. The maximum absolute atomic E-state index is 12.5. The van der Waals surface area contributed by atoms with Gasteiger partial charge in [0.25, 0.3) is 0 Å². The van der Waals surface area contributed by atoms with E-state index in [9.17, 15) is 9.59 Å². The summed E-state index contributed by atoms with van der Waals surface area (Å²) in [6, 6.07) is 7.87. The van der Waals surface area contributed by atoms with Crippen molar-refractivity contribution in [2.75, 3.05) is 0 Å². The topological polar surface area (TPSA) is 34.1 Å². The fourth-order valence-electron chi connectivity index (χ4n) is 1.63. The van der Waals surface area contributed by atoms with E-state index in [1.165, 1.54) is 0 Å². The van der Waals surface area contributed by atoms with Gasteiger partial charge in [-0.2, -0.15) is 0 Å². The summed E-state index contributed by atoms with van der Waals surface area (Å²) in [6.07, 6.45) is 0. The molecule has 0 saturated heterocycles. The molecule has 0 aliphatic rings. The summed E-state index contributed by atoms with van der Waals surface area (Å²) >= 11 is 13.1. The molecule has 2 aromatic carbocycles. The van der Waals surface area contributed by atoms with Crippen molar-refractivity contribution < 1.29 is 9.59 Å². The molecule has 0 atom stereocenters. The second-order valence-electron chi connectivity index (χ2n) is 4.23. The molecule has 0 aliphatic carbocycles. The van der Waals surface area contributed by atoms with E-state index in [4.69, 9.17) is 0 Å². The zero-order chi connectivity index (χ0) is 18.0. The molecule has 0 radical (unpaired) electrons. The molecule has 0 spiro atoms. The van der Waals surface area contributed by atoms with Crippen molar-refractivity contribution in [1.82, 2.24) is 0 Å². The maximum Gasteiger partial charge on any atom is 0.232 e. The van der Waals surface area contributed by atoms with Crippen LogP contribution in [-0.2, 0) is 0 Å². The average molecular weight is 1030 g/mol. The Bertz CT molecular complexity index is 724. The summed E-state index contributed by atoms with van der Waals surface area (Å²) in [5.41, 5.74) is 1.35. The molecule has 0 fully saturated rings. The van der Waals surface area contributed by atoms with Crippen LogP contribution in [0, 0.1) is 21.4 Å². The highest BCUT2D eigenvalue weighted by Gasteiger charge is 2.21. The first-order valence-electron chi connectivity index (χ1n) is 5.93. The SMILES string of the molecule is O=C(SSC(=O)c1c(I)cc(I)cc1I)c1c(I)cc(I)cc1I. The second-order valence-corrected chi connectivity index (χ2v) is 13.4. The highest BCUT2D eigenvalue weighted by atomic mass is 127. The summed E-state index contributed by atoms with van der Waals surface area (Å²) < 4.78 is 5.82. The van der Waals surface area contributed by atoms with Gasteiger partial charge in [0, 0.05) is 21.4 Å². The van der Waals surface area contributed by atoms with Crippen LogP contribution >= 0.6 is 157 Å². The molecule has 0 bridgehead atoms. The number of carbonyl (C=O) groups excluding carboxylic acids is 2. The fourth-order valence-corrected chi connectivity index (χ4v) is 12.2. The molecule has 2 aromatic rings. The van der Waals surface area contributed by atoms with Gasteiger partial charge in [-0.1, -0.05) is 0 Å². The first kappa shape index (κ1) is 23.1. The van der Waals surface area contributed by atoms with E-state index >= 15 is 0 Å². The molecule has 24 heavy (non-hydrogen) atoms. The van der Waals surface area contributed by atoms with Gasteiger partial charge in [-0.05, 0) is 181 Å². The molecule has 0 unspecified atom stereocenters. The van der Waals surface area contributed by atoms with Gasteiger partial charge in [0.2, 0.25) is 10.2 Å². The number of rotatable bonds is 2. The predicted octanol–water partition coefficient (Wildman–Crippen LogP) is 7.68. The molecule has 2 nitrogen and oxygen atoms in total. The molecule has 0 saturated carbocycles. The van der Waals surface area contributed by atoms with Gasteiger partial charge in [0.15, 0.2) is 0 Å². The summed E-state index contributed by atoms with van der Waals surface area (Å²) in [7, 11) is 1.99. The Kier molecular flexibility index (Phi) is 10.2. The zero-order valence-corrected chi connectivity index (χ0v) is 25.8. The van der Waals surface area contributed by atoms with Crippen molar-refractivity contribution >= 4 is 167 Å². The third-order valence-electron chi connectivity index (χ3n) is 2.62. The molecule has 10 heteroatoms. The van der Waals surface area contributed by atoms with E-state index in [0.717, 1.165) is 43.0 Å². The van der Waals surface area contributed by atoms with E-state index in [2.05, 4.69) is 136 Å². The fraction of sp³-hybridized carbons (Fsp3) is 0. The molecule has 2 rings (SSSR count). The van der Waals surface area contributed by atoms with Crippen LogP contribution in [0.1, 0.15) is 20.7 Å². The van der Waals surface area contributed by atoms with Crippen LogP contribution in [0.3, 0.4) is 0 Å². The minimum Gasteiger partial charge on any atom is -0.281 e. The molecule has 0 N–H and O–H groups in total. The molecular weight excluding hydrogens is 1030 g/mol. The minimum atomic E-state index is -0.0888. The van der Waals surface area contributed by atoms with Gasteiger partial charge < -0.3 is 0 Å². The Morgan fingerprint density at radius 3 is 1.08 bits per heavy atom. The van der Waals surface area contributed by atoms with E-state index in [1.54, 1.807) is 0 Å². The standard InChI is InChI=1S/C14H4I6O2S2/c15-5-1-7(17)11(8(18)2-5)13(21)23-24-14(22)12-9(19)3-6(16)4-10(12)20/h1-4H. The van der Waals surface area contributed by atoms with Crippen LogP contribution in [0.25, 0.3) is 0 Å². The minimum absolute atomic E-state index is 0.0888. The lowest BCUT2D eigenvalue weighted by Gasteiger charge is -2.08. The lowest BCUT2D eigenvalue weighted by Crippen LogP contribution is -2.03. The number of hydrogen-bond donors (Lipinski definition) is 0. The van der Waals surface area contributed by atoms with Gasteiger partial charge in [0.1, 0.15) is 0 Å². The van der Waals surface area contributed by atoms with Crippen LogP contribution < -0.4 is 0 Å². The predicted molar refractivity (Wildman–Crippen MR) is 153 cm³/mol. The zero-order valence-electron chi connectivity index (χ0n) is 11.2. The van der Waals surface area contributed by atoms with Crippen molar-refractivity contribution in [3.05, 3.63) is 56.8 Å². The lowest BCUT2D eigenvalue weighted by atomic mass is 10.2. The lowest BCUT2D eigenvalue weighted by molar-refractivity contribution is 0.107. The van der Waals surface area contributed by atoms with E-state index in [1.807, 2.05) is 24.3 Å². The highest BCUT2D eigenvalue weighted by molar-refractivity contribution is 14.1. The average Bonchev–Trinajstić information content (AvgIpc) is 2.42. The van der Waals surface area contributed by atoms with Crippen LogP contribution in [0.15, 0.2) is 24.3 Å². The monoisotopic (exact) mass is 1030 g/mol. The van der Waals surface area contributed by atoms with Gasteiger partial charge in [-0.3, -0.25) is 9.59 Å². The summed E-state index contributed by atoms with van der Waals surface area (Å²) in [6.45, 7) is 0. The van der Waals surface area contributed by atoms with Gasteiger partial charge in [-0.25, -0.2) is 0 Å².